The quantitative estimate of drug-likeness (QED) is 0.166. The van der Waals surface area contributed by atoms with Crippen LogP contribution in [0, 0.1) is 0 Å². The van der Waals surface area contributed by atoms with E-state index in [4.69, 9.17) is 0 Å². The molecule has 6 heteroatoms. The van der Waals surface area contributed by atoms with E-state index in [1.807, 2.05) is 60.7 Å². The lowest BCUT2D eigenvalue weighted by atomic mass is 9.94. The summed E-state index contributed by atoms with van der Waals surface area (Å²) in [5.41, 5.74) is 10.0. The molecule has 1 aliphatic rings. The van der Waals surface area contributed by atoms with E-state index in [1.54, 1.807) is 16.4 Å². The molecule has 0 saturated heterocycles. The van der Waals surface area contributed by atoms with Crippen molar-refractivity contribution in [3.05, 3.63) is 212 Å². The van der Waals surface area contributed by atoms with Crippen LogP contribution in [0.5, 0.6) is 0 Å². The van der Waals surface area contributed by atoms with Crippen molar-refractivity contribution in [2.75, 3.05) is 4.31 Å². The molecular weight excluding hydrogens is 779 g/mol. The first-order valence-corrected chi connectivity index (χ1v) is 22.3. The van der Waals surface area contributed by atoms with Crippen LogP contribution in [0.1, 0.15) is 0 Å². The van der Waals surface area contributed by atoms with Crippen molar-refractivity contribution in [1.82, 2.24) is 9.13 Å². The predicted octanol–water partition coefficient (Wildman–Crippen LogP) is 14.4. The van der Waals surface area contributed by atoms with E-state index in [0.29, 0.717) is 16.9 Å². The fourth-order valence-corrected chi connectivity index (χ4v) is 11.9. The molecule has 0 spiro atoms. The fourth-order valence-electron chi connectivity index (χ4n) is 10.2. The highest BCUT2D eigenvalue weighted by Gasteiger charge is 2.40. The number of benzene rings is 10. The average Bonchev–Trinajstić information content (AvgIpc) is 3.84. The van der Waals surface area contributed by atoms with E-state index in [2.05, 4.69) is 149 Å². The Kier molecular flexibility index (Phi) is 7.33. The van der Waals surface area contributed by atoms with Crippen molar-refractivity contribution in [2.24, 2.45) is 0 Å². The van der Waals surface area contributed by atoms with E-state index in [9.17, 15) is 8.42 Å². The van der Waals surface area contributed by atoms with Gasteiger partial charge >= 0.3 is 0 Å². The Morgan fingerprint density at radius 1 is 0.323 bits per heavy atom. The lowest BCUT2D eigenvalue weighted by molar-refractivity contribution is 0.595. The van der Waals surface area contributed by atoms with E-state index in [0.717, 1.165) is 55.5 Å². The molecule has 5 nitrogen and oxygen atoms in total. The van der Waals surface area contributed by atoms with E-state index >= 15 is 0 Å². The zero-order chi connectivity index (χ0) is 41.1. The van der Waals surface area contributed by atoms with Gasteiger partial charge in [0.2, 0.25) is 0 Å². The third-order valence-electron chi connectivity index (χ3n) is 12.8. The summed E-state index contributed by atoms with van der Waals surface area (Å²) in [5, 5.41) is 10.7. The van der Waals surface area contributed by atoms with Gasteiger partial charge in [0, 0.05) is 33.1 Å². The Labute approximate surface area is 357 Å². The Morgan fingerprint density at radius 3 is 1.50 bits per heavy atom. The molecule has 0 bridgehead atoms. The second kappa shape index (κ2) is 13.0. The number of rotatable bonds is 4. The summed E-state index contributed by atoms with van der Waals surface area (Å²) in [7, 11) is -3.98. The van der Waals surface area contributed by atoms with Crippen LogP contribution in [0.25, 0.3) is 98.8 Å². The van der Waals surface area contributed by atoms with Gasteiger partial charge in [-0.15, -0.1) is 0 Å². The molecule has 1 aliphatic heterocycles. The van der Waals surface area contributed by atoms with Crippen molar-refractivity contribution >= 4 is 86.4 Å². The van der Waals surface area contributed by atoms with Crippen molar-refractivity contribution in [3.8, 4) is 33.8 Å². The van der Waals surface area contributed by atoms with Crippen LogP contribution in [0.2, 0.25) is 0 Å². The van der Waals surface area contributed by atoms with Gasteiger partial charge in [-0.25, -0.2) is 12.7 Å². The molecule has 292 valence electrons. The lowest BCUT2D eigenvalue weighted by Gasteiger charge is -2.31. The zero-order valence-corrected chi connectivity index (χ0v) is 34.1. The largest absolute Gasteiger partial charge is 0.309 e. The maximum atomic E-state index is 14.8. The monoisotopic (exact) mass is 813 g/mol. The Hall–Kier alpha value is -7.93. The first-order valence-electron chi connectivity index (χ1n) is 20.9. The summed E-state index contributed by atoms with van der Waals surface area (Å²) in [6.45, 7) is 0. The fraction of sp³-hybridized carbons (Fsp3) is 0. The molecule has 12 aromatic rings. The van der Waals surface area contributed by atoms with Crippen LogP contribution in [-0.4, -0.2) is 17.6 Å². The summed E-state index contributed by atoms with van der Waals surface area (Å²) >= 11 is 0. The van der Waals surface area contributed by atoms with Gasteiger partial charge < -0.3 is 9.13 Å². The molecule has 0 saturated carbocycles. The molecule has 0 fully saturated rings. The third-order valence-corrected chi connectivity index (χ3v) is 14.6. The molecule has 62 heavy (non-hydrogen) atoms. The van der Waals surface area contributed by atoms with Gasteiger partial charge in [-0.05, 0) is 116 Å². The van der Waals surface area contributed by atoms with Crippen molar-refractivity contribution in [1.29, 1.82) is 0 Å². The molecule has 3 heterocycles. The second-order valence-electron chi connectivity index (χ2n) is 16.1. The molecule has 10 aromatic carbocycles. The van der Waals surface area contributed by atoms with Gasteiger partial charge in [-0.2, -0.15) is 0 Å². The summed E-state index contributed by atoms with van der Waals surface area (Å²) in [5.74, 6) is 0. The standard InChI is InChI=1S/C56H35N3O2S/c60-62(61)54-26-14-12-24-47(54)55-56(59(62)39-17-5-2-6-18-39)50-34-37(28-32-53(50)58(55)38-15-3-1-4-16-38)36-27-31-52-49(33-36)46-23-11-13-25-51(46)57(52)40-29-30-45-43-21-8-7-19-41(43)42-20-9-10-22-44(42)48(45)35-40/h1-35H. The molecule has 0 radical (unpaired) electrons. The van der Waals surface area contributed by atoms with Gasteiger partial charge in [0.15, 0.2) is 0 Å². The number of nitrogens with zero attached hydrogens (tertiary/aromatic N) is 3. The Bertz CT molecular complexity index is 3910. The SMILES string of the molecule is O=S1(=O)c2ccccc2-c2c(c3cc(-c4ccc5c(c4)c4ccccc4n5-c4ccc5c6ccccc6c6ccccc6c5c4)ccc3n2-c2ccccc2)N1c1ccccc1. The molecular formula is C56H35N3O2S. The van der Waals surface area contributed by atoms with Crippen LogP contribution in [0.3, 0.4) is 0 Å². The Morgan fingerprint density at radius 2 is 0.823 bits per heavy atom. The van der Waals surface area contributed by atoms with Crippen LogP contribution in [0.15, 0.2) is 217 Å². The minimum absolute atomic E-state index is 0.284. The number of sulfonamides is 1. The second-order valence-corrected chi connectivity index (χ2v) is 17.9. The van der Waals surface area contributed by atoms with Crippen molar-refractivity contribution in [3.63, 3.8) is 0 Å². The molecule has 0 unspecified atom stereocenters. The minimum atomic E-state index is -3.98. The highest BCUT2D eigenvalue weighted by Crippen LogP contribution is 2.53. The molecule has 13 rings (SSSR count). The number of aromatic nitrogens is 2. The zero-order valence-electron chi connectivity index (χ0n) is 33.3. The Balaban J connectivity index is 1.05. The summed E-state index contributed by atoms with van der Waals surface area (Å²) < 4.78 is 35.8. The average molecular weight is 814 g/mol. The molecule has 2 aromatic heterocycles. The maximum Gasteiger partial charge on any atom is 0.269 e. The first kappa shape index (κ1) is 34.9. The first-order chi connectivity index (χ1) is 30.5. The number of hydrogen-bond acceptors (Lipinski definition) is 2. The molecule has 0 atom stereocenters. The number of anilines is 2. The van der Waals surface area contributed by atoms with Gasteiger partial charge in [-0.1, -0.05) is 140 Å². The third kappa shape index (κ3) is 4.87. The van der Waals surface area contributed by atoms with Gasteiger partial charge in [0.1, 0.15) is 0 Å². The molecule has 0 N–H and O–H groups in total. The highest BCUT2D eigenvalue weighted by molar-refractivity contribution is 7.93. The van der Waals surface area contributed by atoms with Gasteiger partial charge in [0.25, 0.3) is 10.0 Å². The van der Waals surface area contributed by atoms with Crippen LogP contribution >= 0.6 is 0 Å². The smallest absolute Gasteiger partial charge is 0.269 e. The van der Waals surface area contributed by atoms with Crippen LogP contribution < -0.4 is 4.31 Å². The van der Waals surface area contributed by atoms with E-state index < -0.39 is 10.0 Å². The van der Waals surface area contributed by atoms with E-state index in [-0.39, 0.29) is 4.90 Å². The normalized spacial score (nSPS) is 13.4. The maximum absolute atomic E-state index is 14.8. The van der Waals surface area contributed by atoms with Crippen LogP contribution in [-0.2, 0) is 10.0 Å². The summed E-state index contributed by atoms with van der Waals surface area (Å²) in [4.78, 5) is 0.284. The predicted molar refractivity (Wildman–Crippen MR) is 257 cm³/mol. The molecule has 0 amide bonds. The van der Waals surface area contributed by atoms with Gasteiger partial charge in [-0.3, -0.25) is 0 Å². The summed E-state index contributed by atoms with van der Waals surface area (Å²) in [6, 6.07) is 73.2. The van der Waals surface area contributed by atoms with Gasteiger partial charge in [0.05, 0.1) is 38.5 Å². The van der Waals surface area contributed by atoms with Crippen molar-refractivity contribution < 1.29 is 8.42 Å². The number of para-hydroxylation sites is 3. The van der Waals surface area contributed by atoms with E-state index in [1.165, 1.54) is 37.7 Å². The van der Waals surface area contributed by atoms with Crippen molar-refractivity contribution in [2.45, 2.75) is 4.90 Å². The highest BCUT2D eigenvalue weighted by atomic mass is 32.2. The molecule has 0 aliphatic carbocycles. The number of hydrogen-bond donors (Lipinski definition) is 0. The van der Waals surface area contributed by atoms with Crippen LogP contribution in [0.4, 0.5) is 11.4 Å². The number of fused-ring (bicyclic) bond motifs is 14. The minimum Gasteiger partial charge on any atom is -0.309 e. The topological polar surface area (TPSA) is 47.2 Å². The lowest BCUT2D eigenvalue weighted by Crippen LogP contribution is -2.30. The summed E-state index contributed by atoms with van der Waals surface area (Å²) in [6.07, 6.45) is 0.